The largest absolute Gasteiger partial charge is 0.416 e. The lowest BCUT2D eigenvalue weighted by Gasteiger charge is -2.14. The first kappa shape index (κ1) is 19.7. The Bertz CT molecular complexity index is 792. The molecule has 26 heavy (non-hydrogen) atoms. The van der Waals surface area contributed by atoms with Crippen molar-refractivity contribution in [3.05, 3.63) is 107 Å². The van der Waals surface area contributed by atoms with E-state index in [0.717, 1.165) is 23.3 Å². The van der Waals surface area contributed by atoms with E-state index in [1.54, 1.807) is 0 Å². The summed E-state index contributed by atoms with van der Waals surface area (Å²) in [6, 6.07) is 22.4. The number of hydrogen-bond donors (Lipinski definition) is 1. The predicted molar refractivity (Wildman–Crippen MR) is 99.8 cm³/mol. The van der Waals surface area contributed by atoms with E-state index in [2.05, 4.69) is 19.1 Å². The van der Waals surface area contributed by atoms with Crippen LogP contribution in [-0.2, 0) is 6.18 Å². The lowest BCUT2D eigenvalue weighted by atomic mass is 9.98. The molecular weight excluding hydrogens is 335 g/mol. The minimum atomic E-state index is -4.31. The third-order valence-corrected chi connectivity index (χ3v) is 3.97. The highest BCUT2D eigenvalue weighted by Gasteiger charge is 2.30. The van der Waals surface area contributed by atoms with Crippen LogP contribution in [0.5, 0.6) is 0 Å². The topological polar surface area (TPSA) is 26.0 Å². The van der Waals surface area contributed by atoms with E-state index in [0.29, 0.717) is 5.56 Å². The standard InChI is InChI=1S/C15H14F3N.C7H8/c1-10-2-4-11(5-3-10)14(19)12-6-8-13(9-7-12)15(16,17)18;1-7-5-3-2-4-6-7/h2-9,14H,19H2,1H3;2-6H,1H3. The smallest absolute Gasteiger partial charge is 0.320 e. The number of nitrogens with two attached hydrogens (primary N) is 1. The summed E-state index contributed by atoms with van der Waals surface area (Å²) in [6.45, 7) is 4.05. The number of hydrogen-bond acceptors (Lipinski definition) is 1. The van der Waals surface area contributed by atoms with Gasteiger partial charge in [-0.3, -0.25) is 0 Å². The monoisotopic (exact) mass is 357 g/mol. The molecule has 4 heteroatoms. The van der Waals surface area contributed by atoms with Gasteiger partial charge in [0.15, 0.2) is 0 Å². The molecule has 0 aliphatic heterocycles. The summed E-state index contributed by atoms with van der Waals surface area (Å²) in [5.74, 6) is 0. The number of alkyl halides is 3. The van der Waals surface area contributed by atoms with Gasteiger partial charge in [-0.25, -0.2) is 0 Å². The highest BCUT2D eigenvalue weighted by Crippen LogP contribution is 2.30. The van der Waals surface area contributed by atoms with Crippen LogP contribution < -0.4 is 5.73 Å². The first-order valence-corrected chi connectivity index (χ1v) is 8.28. The van der Waals surface area contributed by atoms with Crippen molar-refractivity contribution in [1.82, 2.24) is 0 Å². The Morgan fingerprint density at radius 3 is 1.46 bits per heavy atom. The van der Waals surface area contributed by atoms with Gasteiger partial charge in [-0.1, -0.05) is 77.9 Å². The summed E-state index contributed by atoms with van der Waals surface area (Å²) < 4.78 is 37.4. The van der Waals surface area contributed by atoms with Gasteiger partial charge in [0.2, 0.25) is 0 Å². The van der Waals surface area contributed by atoms with Gasteiger partial charge in [0.05, 0.1) is 11.6 Å². The zero-order valence-electron chi connectivity index (χ0n) is 14.8. The molecule has 0 saturated carbocycles. The van der Waals surface area contributed by atoms with Gasteiger partial charge in [0.1, 0.15) is 0 Å². The van der Waals surface area contributed by atoms with Gasteiger partial charge >= 0.3 is 6.18 Å². The molecule has 0 saturated heterocycles. The van der Waals surface area contributed by atoms with Crippen LogP contribution in [0, 0.1) is 13.8 Å². The van der Waals surface area contributed by atoms with Gasteiger partial charge in [-0.05, 0) is 37.1 Å². The zero-order chi connectivity index (χ0) is 19.2. The third kappa shape index (κ3) is 5.74. The fourth-order valence-corrected chi connectivity index (χ4v) is 2.38. The van der Waals surface area contributed by atoms with Gasteiger partial charge < -0.3 is 5.73 Å². The van der Waals surface area contributed by atoms with E-state index in [4.69, 9.17) is 5.73 Å². The maximum atomic E-state index is 12.5. The molecule has 0 heterocycles. The van der Waals surface area contributed by atoms with Crippen LogP contribution >= 0.6 is 0 Å². The number of benzene rings is 3. The Kier molecular flexibility index (Phi) is 6.58. The van der Waals surface area contributed by atoms with Crippen LogP contribution in [0.4, 0.5) is 13.2 Å². The summed E-state index contributed by atoms with van der Waals surface area (Å²) >= 11 is 0. The molecule has 3 aromatic carbocycles. The molecule has 0 amide bonds. The predicted octanol–water partition coefficient (Wildman–Crippen LogP) is 6.06. The Labute approximate surface area is 152 Å². The highest BCUT2D eigenvalue weighted by molar-refractivity contribution is 5.34. The molecule has 0 fully saturated rings. The van der Waals surface area contributed by atoms with Gasteiger partial charge in [0, 0.05) is 0 Å². The summed E-state index contributed by atoms with van der Waals surface area (Å²) in [7, 11) is 0. The van der Waals surface area contributed by atoms with E-state index in [1.165, 1.54) is 17.7 Å². The van der Waals surface area contributed by atoms with Crippen molar-refractivity contribution in [3.63, 3.8) is 0 Å². The Balaban J connectivity index is 0.000000290. The van der Waals surface area contributed by atoms with Crippen LogP contribution in [0.15, 0.2) is 78.9 Å². The molecule has 136 valence electrons. The maximum absolute atomic E-state index is 12.5. The number of rotatable bonds is 2. The highest BCUT2D eigenvalue weighted by atomic mass is 19.4. The molecule has 0 spiro atoms. The second-order valence-corrected chi connectivity index (χ2v) is 6.16. The van der Waals surface area contributed by atoms with Crippen LogP contribution in [0.2, 0.25) is 0 Å². The molecular formula is C22H22F3N. The van der Waals surface area contributed by atoms with Crippen molar-refractivity contribution in [1.29, 1.82) is 0 Å². The molecule has 0 aliphatic carbocycles. The summed E-state index contributed by atoms with van der Waals surface area (Å²) in [5, 5.41) is 0. The number of aryl methyl sites for hydroxylation is 2. The molecule has 0 aliphatic rings. The molecule has 1 atom stereocenters. The normalized spacial score (nSPS) is 12.1. The molecule has 1 unspecified atom stereocenters. The zero-order valence-corrected chi connectivity index (χ0v) is 14.8. The molecule has 0 bridgehead atoms. The Morgan fingerprint density at radius 1 is 0.654 bits per heavy atom. The van der Waals surface area contributed by atoms with Gasteiger partial charge in [-0.2, -0.15) is 13.2 Å². The minimum Gasteiger partial charge on any atom is -0.320 e. The van der Waals surface area contributed by atoms with E-state index < -0.39 is 17.8 Å². The quantitative estimate of drug-likeness (QED) is 0.593. The minimum absolute atomic E-state index is 0.414. The van der Waals surface area contributed by atoms with E-state index in [1.807, 2.05) is 49.4 Å². The van der Waals surface area contributed by atoms with E-state index in [9.17, 15) is 13.2 Å². The third-order valence-electron chi connectivity index (χ3n) is 3.97. The van der Waals surface area contributed by atoms with Crippen LogP contribution in [0.3, 0.4) is 0 Å². The maximum Gasteiger partial charge on any atom is 0.416 e. The SMILES string of the molecule is Cc1ccc(C(N)c2ccc(C(F)(F)F)cc2)cc1.Cc1ccccc1. The molecule has 3 aromatic rings. The second kappa shape index (κ2) is 8.68. The Morgan fingerprint density at radius 2 is 1.08 bits per heavy atom. The number of halogens is 3. The molecule has 2 N–H and O–H groups in total. The van der Waals surface area contributed by atoms with Crippen molar-refractivity contribution in [2.45, 2.75) is 26.1 Å². The van der Waals surface area contributed by atoms with Crippen LogP contribution in [-0.4, -0.2) is 0 Å². The first-order valence-electron chi connectivity index (χ1n) is 8.28. The van der Waals surface area contributed by atoms with Crippen LogP contribution in [0.1, 0.15) is 33.9 Å². The Hall–Kier alpha value is -2.59. The van der Waals surface area contributed by atoms with Crippen molar-refractivity contribution >= 4 is 0 Å². The molecule has 0 aromatic heterocycles. The van der Waals surface area contributed by atoms with Crippen LogP contribution in [0.25, 0.3) is 0 Å². The summed E-state index contributed by atoms with van der Waals surface area (Å²) in [4.78, 5) is 0. The fraction of sp³-hybridized carbons (Fsp3) is 0.182. The van der Waals surface area contributed by atoms with E-state index >= 15 is 0 Å². The van der Waals surface area contributed by atoms with Gasteiger partial charge in [-0.15, -0.1) is 0 Å². The summed E-state index contributed by atoms with van der Waals surface area (Å²) in [6.07, 6.45) is -4.31. The average Bonchev–Trinajstić information content (AvgIpc) is 2.62. The average molecular weight is 357 g/mol. The van der Waals surface area contributed by atoms with Crippen molar-refractivity contribution in [2.24, 2.45) is 5.73 Å². The van der Waals surface area contributed by atoms with Crippen molar-refractivity contribution in [2.75, 3.05) is 0 Å². The molecule has 3 rings (SSSR count). The summed E-state index contributed by atoms with van der Waals surface area (Å²) in [5.41, 5.74) is 9.36. The fourth-order valence-electron chi connectivity index (χ4n) is 2.38. The van der Waals surface area contributed by atoms with E-state index in [-0.39, 0.29) is 0 Å². The van der Waals surface area contributed by atoms with Crippen molar-refractivity contribution in [3.8, 4) is 0 Å². The van der Waals surface area contributed by atoms with Crippen molar-refractivity contribution < 1.29 is 13.2 Å². The first-order chi connectivity index (χ1) is 12.3. The van der Waals surface area contributed by atoms with Gasteiger partial charge in [0.25, 0.3) is 0 Å². The molecule has 0 radical (unpaired) electrons. The lowest BCUT2D eigenvalue weighted by molar-refractivity contribution is -0.137. The lowest BCUT2D eigenvalue weighted by Crippen LogP contribution is -2.12. The second-order valence-electron chi connectivity index (χ2n) is 6.16. The molecule has 1 nitrogen and oxygen atoms in total.